The normalized spacial score (nSPS) is 10.6. The van der Waals surface area contributed by atoms with E-state index in [0.717, 1.165) is 5.56 Å². The molecule has 0 aromatic heterocycles. The molecule has 0 heterocycles. The SMILES string of the molecule is COc1cc(C=NNC(=O)CCC(=O)Nc2cccc(Cl)c2C)cc(OC)c1OC. The lowest BCUT2D eigenvalue weighted by Gasteiger charge is -2.12. The van der Waals surface area contributed by atoms with Crippen molar-refractivity contribution in [3.63, 3.8) is 0 Å². The number of anilines is 1. The van der Waals surface area contributed by atoms with Crippen molar-refractivity contribution in [3.05, 3.63) is 46.5 Å². The highest BCUT2D eigenvalue weighted by molar-refractivity contribution is 6.31. The molecule has 2 amide bonds. The van der Waals surface area contributed by atoms with E-state index >= 15 is 0 Å². The quantitative estimate of drug-likeness (QED) is 0.465. The van der Waals surface area contributed by atoms with Crippen molar-refractivity contribution in [1.29, 1.82) is 0 Å². The van der Waals surface area contributed by atoms with Gasteiger partial charge < -0.3 is 19.5 Å². The van der Waals surface area contributed by atoms with Gasteiger partial charge in [0.25, 0.3) is 0 Å². The number of rotatable bonds is 9. The fourth-order valence-corrected chi connectivity index (χ4v) is 2.77. The van der Waals surface area contributed by atoms with E-state index in [-0.39, 0.29) is 18.7 Å². The van der Waals surface area contributed by atoms with Gasteiger partial charge >= 0.3 is 0 Å². The molecule has 0 spiro atoms. The summed E-state index contributed by atoms with van der Waals surface area (Å²) in [5, 5.41) is 7.21. The number of benzene rings is 2. The van der Waals surface area contributed by atoms with Crippen molar-refractivity contribution < 1.29 is 23.8 Å². The molecule has 0 fully saturated rings. The summed E-state index contributed by atoms with van der Waals surface area (Å²) in [6.45, 7) is 1.81. The van der Waals surface area contributed by atoms with Gasteiger partial charge in [0.05, 0.1) is 27.5 Å². The molecule has 2 aromatic rings. The summed E-state index contributed by atoms with van der Waals surface area (Å²) in [6, 6.07) is 8.62. The van der Waals surface area contributed by atoms with Gasteiger partial charge in [-0.15, -0.1) is 0 Å². The molecule has 0 aliphatic carbocycles. The van der Waals surface area contributed by atoms with Crippen LogP contribution in [0.2, 0.25) is 5.02 Å². The second kappa shape index (κ2) is 11.1. The zero-order valence-corrected chi connectivity index (χ0v) is 18.0. The topological polar surface area (TPSA) is 98.2 Å². The van der Waals surface area contributed by atoms with Gasteiger partial charge in [-0.2, -0.15) is 5.10 Å². The number of hydrogen-bond donors (Lipinski definition) is 2. The molecular weight excluding hydrogens is 410 g/mol. The number of hydrazone groups is 1. The van der Waals surface area contributed by atoms with Gasteiger partial charge in [-0.3, -0.25) is 9.59 Å². The number of carbonyl (C=O) groups is 2. The Kier molecular flexibility index (Phi) is 8.49. The van der Waals surface area contributed by atoms with Gasteiger partial charge in [0.2, 0.25) is 17.6 Å². The van der Waals surface area contributed by atoms with E-state index in [4.69, 9.17) is 25.8 Å². The summed E-state index contributed by atoms with van der Waals surface area (Å²) in [6.07, 6.45) is 1.44. The van der Waals surface area contributed by atoms with E-state index < -0.39 is 5.91 Å². The Balaban J connectivity index is 1.89. The van der Waals surface area contributed by atoms with Crippen LogP contribution in [0.1, 0.15) is 24.0 Å². The first kappa shape index (κ1) is 23.0. The summed E-state index contributed by atoms with van der Waals surface area (Å²) in [4.78, 5) is 24.0. The number of hydrogen-bond acceptors (Lipinski definition) is 6. The smallest absolute Gasteiger partial charge is 0.240 e. The Hall–Kier alpha value is -3.26. The van der Waals surface area contributed by atoms with E-state index in [1.165, 1.54) is 27.5 Å². The Morgan fingerprint density at radius 2 is 1.67 bits per heavy atom. The number of nitrogens with zero attached hydrogens (tertiary/aromatic N) is 1. The third-order valence-corrected chi connectivity index (χ3v) is 4.62. The van der Waals surface area contributed by atoms with Crippen LogP contribution in [-0.4, -0.2) is 39.4 Å². The van der Waals surface area contributed by atoms with Gasteiger partial charge in [0, 0.05) is 29.1 Å². The van der Waals surface area contributed by atoms with Gasteiger partial charge in [-0.05, 0) is 36.8 Å². The molecule has 30 heavy (non-hydrogen) atoms. The molecule has 2 rings (SSSR count). The zero-order chi connectivity index (χ0) is 22.1. The lowest BCUT2D eigenvalue weighted by molar-refractivity contribution is -0.124. The lowest BCUT2D eigenvalue weighted by atomic mass is 10.2. The molecule has 0 saturated heterocycles. The van der Waals surface area contributed by atoms with E-state index in [2.05, 4.69) is 15.8 Å². The lowest BCUT2D eigenvalue weighted by Crippen LogP contribution is -2.20. The van der Waals surface area contributed by atoms with Crippen molar-refractivity contribution in [2.45, 2.75) is 19.8 Å². The Morgan fingerprint density at radius 1 is 1.03 bits per heavy atom. The van der Waals surface area contributed by atoms with Gasteiger partial charge in [-0.25, -0.2) is 5.43 Å². The molecule has 0 saturated carbocycles. The van der Waals surface area contributed by atoms with Crippen LogP contribution in [-0.2, 0) is 9.59 Å². The Bertz CT molecular complexity index is 921. The largest absolute Gasteiger partial charge is 0.493 e. The molecule has 0 radical (unpaired) electrons. The maximum atomic E-state index is 12.1. The fraction of sp³-hybridized carbons (Fsp3) is 0.286. The number of methoxy groups -OCH3 is 3. The highest BCUT2D eigenvalue weighted by atomic mass is 35.5. The molecule has 0 aliphatic rings. The Morgan fingerprint density at radius 3 is 2.27 bits per heavy atom. The summed E-state index contributed by atoms with van der Waals surface area (Å²) >= 11 is 6.03. The van der Waals surface area contributed by atoms with Crippen LogP contribution in [0.4, 0.5) is 5.69 Å². The highest BCUT2D eigenvalue weighted by Crippen LogP contribution is 2.37. The first-order valence-electron chi connectivity index (χ1n) is 9.06. The molecule has 160 valence electrons. The standard InChI is InChI=1S/C21H24ClN3O5/c1-13-15(22)6-5-7-16(13)24-19(26)8-9-20(27)25-23-12-14-10-17(28-2)21(30-4)18(11-14)29-3/h5-7,10-12H,8-9H2,1-4H3,(H,24,26)(H,25,27). The first-order chi connectivity index (χ1) is 14.4. The van der Waals surface area contributed by atoms with E-state index in [0.29, 0.717) is 33.5 Å². The summed E-state index contributed by atoms with van der Waals surface area (Å²) in [7, 11) is 4.53. The Labute approximate surface area is 180 Å². The van der Waals surface area contributed by atoms with Gasteiger partial charge in [-0.1, -0.05) is 17.7 Å². The second-order valence-corrected chi connectivity index (χ2v) is 6.62. The molecule has 2 aromatic carbocycles. The molecule has 0 atom stereocenters. The van der Waals surface area contributed by atoms with E-state index in [1.807, 2.05) is 6.92 Å². The van der Waals surface area contributed by atoms with E-state index in [9.17, 15) is 9.59 Å². The molecule has 9 heteroatoms. The van der Waals surface area contributed by atoms with Crippen molar-refractivity contribution in [1.82, 2.24) is 5.43 Å². The minimum absolute atomic E-state index is 0.0114. The molecular formula is C21H24ClN3O5. The van der Waals surface area contributed by atoms with Crippen molar-refractivity contribution >= 4 is 35.3 Å². The zero-order valence-electron chi connectivity index (χ0n) is 17.2. The van der Waals surface area contributed by atoms with Crippen LogP contribution >= 0.6 is 11.6 Å². The van der Waals surface area contributed by atoms with E-state index in [1.54, 1.807) is 30.3 Å². The monoisotopic (exact) mass is 433 g/mol. The third kappa shape index (κ3) is 6.12. The number of ether oxygens (including phenoxy) is 3. The van der Waals surface area contributed by atoms with Crippen LogP contribution in [0.25, 0.3) is 0 Å². The van der Waals surface area contributed by atoms with Crippen molar-refractivity contribution in [2.24, 2.45) is 5.10 Å². The maximum absolute atomic E-state index is 12.1. The second-order valence-electron chi connectivity index (χ2n) is 6.21. The minimum atomic E-state index is -0.392. The number of nitrogens with one attached hydrogen (secondary N) is 2. The average molecular weight is 434 g/mol. The number of carbonyl (C=O) groups excluding carboxylic acids is 2. The number of amides is 2. The van der Waals surface area contributed by atoms with Crippen LogP contribution in [0.3, 0.4) is 0 Å². The summed E-state index contributed by atoms with van der Waals surface area (Å²) in [5.74, 6) is 0.720. The number of halogens is 1. The predicted octanol–water partition coefficient (Wildman–Crippen LogP) is 3.54. The van der Waals surface area contributed by atoms with Crippen molar-refractivity contribution in [3.8, 4) is 17.2 Å². The highest BCUT2D eigenvalue weighted by Gasteiger charge is 2.13. The summed E-state index contributed by atoms with van der Waals surface area (Å²) < 4.78 is 15.8. The maximum Gasteiger partial charge on any atom is 0.240 e. The summed E-state index contributed by atoms with van der Waals surface area (Å²) in [5.41, 5.74) is 4.42. The van der Waals surface area contributed by atoms with Crippen LogP contribution in [0.5, 0.6) is 17.2 Å². The fourth-order valence-electron chi connectivity index (χ4n) is 2.59. The molecule has 0 unspecified atom stereocenters. The molecule has 0 aliphatic heterocycles. The minimum Gasteiger partial charge on any atom is -0.493 e. The first-order valence-corrected chi connectivity index (χ1v) is 9.44. The molecule has 8 nitrogen and oxygen atoms in total. The van der Waals surface area contributed by atoms with Crippen LogP contribution in [0.15, 0.2) is 35.4 Å². The van der Waals surface area contributed by atoms with Gasteiger partial charge in [0.1, 0.15) is 0 Å². The van der Waals surface area contributed by atoms with Crippen LogP contribution < -0.4 is 25.0 Å². The third-order valence-electron chi connectivity index (χ3n) is 4.21. The molecule has 0 bridgehead atoms. The van der Waals surface area contributed by atoms with Gasteiger partial charge in [0.15, 0.2) is 11.5 Å². The average Bonchev–Trinajstić information content (AvgIpc) is 2.74. The predicted molar refractivity (Wildman–Crippen MR) is 116 cm³/mol. The van der Waals surface area contributed by atoms with Crippen LogP contribution in [0, 0.1) is 6.92 Å². The van der Waals surface area contributed by atoms with Crippen molar-refractivity contribution in [2.75, 3.05) is 26.6 Å². The molecule has 2 N–H and O–H groups in total.